The number of methoxy groups -OCH3 is 1. The molecule has 0 aliphatic carbocycles. The summed E-state index contributed by atoms with van der Waals surface area (Å²) in [5.41, 5.74) is -3.93. The van der Waals surface area contributed by atoms with E-state index in [0.29, 0.717) is 18.8 Å². The van der Waals surface area contributed by atoms with Gasteiger partial charge in [-0.05, 0) is 42.8 Å². The fourth-order valence-electron chi connectivity index (χ4n) is 6.78. The fraction of sp³-hybridized carbons (Fsp3) is 0.486. The van der Waals surface area contributed by atoms with E-state index in [2.05, 4.69) is 49.9 Å². The molecule has 4 heterocycles. The minimum absolute atomic E-state index is 0.0405. The van der Waals surface area contributed by atoms with E-state index in [1.54, 1.807) is 6.07 Å². The summed E-state index contributed by atoms with van der Waals surface area (Å²) in [5, 5.41) is 5.52. The monoisotopic (exact) mass is 799 g/mol. The van der Waals surface area contributed by atoms with E-state index >= 15 is 8.78 Å². The van der Waals surface area contributed by atoms with Crippen LogP contribution in [0.2, 0.25) is 51.4 Å². The standard InChI is InChI=1S/C37H47F2N5O9Si2/c1-36(32(46)43(34(48)40-36)20-51-11-13-54(3,4)5)24-15-23-16-28(53-27(23)17-25(24)38)37(33(47)44(35(49)41-37)21-52-12-14-55(6,7)8)19-42-18-22-9-10-26(50-2)30(39)29(22)31(42)45/h9-10,15-17H,11-14,18-21H2,1-8H3,(H,40,48)(H,41,49)/t36?,37-/m1/s1. The second-order valence-corrected chi connectivity index (χ2v) is 28.1. The number of carbonyl (C=O) groups excluding carboxylic acids is 5. The van der Waals surface area contributed by atoms with Crippen LogP contribution in [-0.2, 0) is 36.7 Å². The van der Waals surface area contributed by atoms with Crippen molar-refractivity contribution in [2.24, 2.45) is 0 Å². The summed E-state index contributed by atoms with van der Waals surface area (Å²) in [7, 11) is -1.66. The van der Waals surface area contributed by atoms with E-state index in [1.165, 1.54) is 37.1 Å². The number of amides is 7. The predicted molar refractivity (Wildman–Crippen MR) is 202 cm³/mol. The van der Waals surface area contributed by atoms with Crippen LogP contribution in [0.1, 0.15) is 34.2 Å². The number of halogens is 2. The lowest BCUT2D eigenvalue weighted by atomic mass is 9.90. The number of nitrogens with zero attached hydrogens (tertiary/aromatic N) is 3. The van der Waals surface area contributed by atoms with E-state index in [4.69, 9.17) is 18.6 Å². The Balaban J connectivity index is 1.33. The van der Waals surface area contributed by atoms with Gasteiger partial charge in [0.2, 0.25) is 0 Å². The molecule has 7 amide bonds. The molecule has 14 nitrogen and oxygen atoms in total. The van der Waals surface area contributed by atoms with Gasteiger partial charge in [-0.2, -0.15) is 0 Å². The third-order valence-electron chi connectivity index (χ3n) is 10.2. The molecule has 2 saturated heterocycles. The first-order valence-electron chi connectivity index (χ1n) is 18.0. The molecule has 2 atom stereocenters. The molecule has 1 unspecified atom stereocenters. The van der Waals surface area contributed by atoms with Crippen molar-refractivity contribution in [1.29, 1.82) is 0 Å². The Morgan fingerprint density at radius 1 is 0.836 bits per heavy atom. The number of fused-ring (bicyclic) bond motifs is 2. The molecule has 0 saturated carbocycles. The maximum Gasteiger partial charge on any atom is 0.327 e. The Morgan fingerprint density at radius 2 is 1.44 bits per heavy atom. The van der Waals surface area contributed by atoms with Gasteiger partial charge >= 0.3 is 12.1 Å². The molecule has 3 aliphatic heterocycles. The second kappa shape index (κ2) is 14.4. The summed E-state index contributed by atoms with van der Waals surface area (Å²) in [6.45, 7) is 13.8. The number of ether oxygens (including phenoxy) is 3. The highest BCUT2D eigenvalue weighted by Gasteiger charge is 2.57. The lowest BCUT2D eigenvalue weighted by Gasteiger charge is -2.29. The number of urea groups is 2. The van der Waals surface area contributed by atoms with Crippen molar-refractivity contribution in [1.82, 2.24) is 25.3 Å². The van der Waals surface area contributed by atoms with Gasteiger partial charge in [-0.15, -0.1) is 0 Å². The van der Waals surface area contributed by atoms with Crippen molar-refractivity contribution < 1.29 is 51.4 Å². The Labute approximate surface area is 319 Å². The van der Waals surface area contributed by atoms with Crippen molar-refractivity contribution in [3.63, 3.8) is 0 Å². The number of nitrogens with one attached hydrogen (secondary N) is 2. The molecule has 3 aromatic rings. The van der Waals surface area contributed by atoms with Crippen LogP contribution < -0.4 is 15.4 Å². The largest absolute Gasteiger partial charge is 0.494 e. The predicted octanol–water partition coefficient (Wildman–Crippen LogP) is 5.51. The molecule has 2 fully saturated rings. The Kier molecular flexibility index (Phi) is 10.5. The maximum atomic E-state index is 16.0. The van der Waals surface area contributed by atoms with Gasteiger partial charge in [0.25, 0.3) is 17.7 Å². The average Bonchev–Trinajstić information content (AvgIpc) is 3.78. The molecule has 55 heavy (non-hydrogen) atoms. The Hall–Kier alpha value is -4.66. The lowest BCUT2D eigenvalue weighted by molar-refractivity contribution is -0.136. The van der Waals surface area contributed by atoms with Gasteiger partial charge in [-0.1, -0.05) is 45.3 Å². The molecule has 18 heteroatoms. The van der Waals surface area contributed by atoms with Crippen LogP contribution in [0.3, 0.4) is 0 Å². The van der Waals surface area contributed by atoms with Crippen molar-refractivity contribution in [3.05, 3.63) is 64.4 Å². The van der Waals surface area contributed by atoms with Crippen molar-refractivity contribution in [2.45, 2.75) is 75.9 Å². The summed E-state index contributed by atoms with van der Waals surface area (Å²) in [6.07, 6.45) is 0. The molecular weight excluding hydrogens is 753 g/mol. The molecular formula is C37H47F2N5O9Si2. The quantitative estimate of drug-likeness (QED) is 0.115. The van der Waals surface area contributed by atoms with Crippen LogP contribution in [0.4, 0.5) is 18.4 Å². The minimum Gasteiger partial charge on any atom is -0.494 e. The molecule has 2 N–H and O–H groups in total. The smallest absolute Gasteiger partial charge is 0.327 e. The van der Waals surface area contributed by atoms with Gasteiger partial charge in [0.1, 0.15) is 36.2 Å². The van der Waals surface area contributed by atoms with E-state index in [0.717, 1.165) is 28.0 Å². The van der Waals surface area contributed by atoms with Gasteiger partial charge in [0.15, 0.2) is 17.1 Å². The first kappa shape index (κ1) is 40.0. The molecule has 3 aliphatic rings. The zero-order chi connectivity index (χ0) is 40.2. The molecule has 296 valence electrons. The van der Waals surface area contributed by atoms with Crippen molar-refractivity contribution in [2.75, 3.05) is 40.3 Å². The first-order chi connectivity index (χ1) is 25.7. The average molecular weight is 800 g/mol. The topological polar surface area (TPSA) is 160 Å². The van der Waals surface area contributed by atoms with Gasteiger partial charge < -0.3 is 34.2 Å². The number of hydrogen-bond donors (Lipinski definition) is 2. The van der Waals surface area contributed by atoms with Crippen LogP contribution in [0.5, 0.6) is 5.75 Å². The number of hydrogen-bond acceptors (Lipinski definition) is 9. The van der Waals surface area contributed by atoms with Crippen molar-refractivity contribution in [3.8, 4) is 5.75 Å². The molecule has 6 rings (SSSR count). The normalized spacial score (nSPS) is 21.6. The van der Waals surface area contributed by atoms with Crippen LogP contribution in [0, 0.1) is 11.6 Å². The molecule has 1 aromatic heterocycles. The Morgan fingerprint density at radius 3 is 2.04 bits per heavy atom. The third-order valence-corrected chi connectivity index (χ3v) is 13.6. The highest BCUT2D eigenvalue weighted by atomic mass is 28.3. The minimum atomic E-state index is -2.04. The highest BCUT2D eigenvalue weighted by molar-refractivity contribution is 6.76. The number of benzene rings is 2. The number of imide groups is 2. The Bertz CT molecular complexity index is 2080. The zero-order valence-electron chi connectivity index (χ0n) is 32.3. The van der Waals surface area contributed by atoms with E-state index in [9.17, 15) is 24.0 Å². The number of carbonyl (C=O) groups is 5. The summed E-state index contributed by atoms with van der Waals surface area (Å²) in [4.78, 5) is 71.2. The SMILES string of the molecule is COc1ccc2c(c1F)C(=O)N(C[C@]1(c3cc4cc(C5(C)NC(=O)N(COCC[Si](C)(C)C)C5=O)c(F)cc4o3)NC(=O)N(COCC[Si](C)(C)C)C1=O)C2. The third kappa shape index (κ3) is 7.51. The highest BCUT2D eigenvalue weighted by Crippen LogP contribution is 2.40. The first-order valence-corrected chi connectivity index (χ1v) is 25.4. The van der Waals surface area contributed by atoms with Crippen LogP contribution >= 0.6 is 0 Å². The van der Waals surface area contributed by atoms with Crippen molar-refractivity contribution >= 4 is 56.9 Å². The second-order valence-electron chi connectivity index (χ2n) is 16.8. The van der Waals surface area contributed by atoms with Gasteiger partial charge in [0, 0.05) is 52.9 Å². The number of rotatable bonds is 15. The van der Waals surface area contributed by atoms with Crippen LogP contribution in [-0.4, -0.2) is 101 Å². The lowest BCUT2D eigenvalue weighted by Crippen LogP contribution is -2.52. The molecule has 2 aromatic carbocycles. The van der Waals surface area contributed by atoms with Gasteiger partial charge in [0.05, 0.1) is 19.2 Å². The summed E-state index contributed by atoms with van der Waals surface area (Å²) >= 11 is 0. The van der Waals surface area contributed by atoms with E-state index in [1.807, 2.05) is 0 Å². The maximum absolute atomic E-state index is 16.0. The van der Waals surface area contributed by atoms with E-state index < -0.39 is 75.2 Å². The van der Waals surface area contributed by atoms with Gasteiger partial charge in [-0.25, -0.2) is 28.2 Å². The molecule has 0 spiro atoms. The summed E-state index contributed by atoms with van der Waals surface area (Å²) < 4.78 is 53.9. The number of furan rings is 1. The van der Waals surface area contributed by atoms with Crippen LogP contribution in [0.25, 0.3) is 11.0 Å². The summed E-state index contributed by atoms with van der Waals surface area (Å²) in [5.74, 6) is -4.27. The zero-order valence-corrected chi connectivity index (χ0v) is 34.3. The molecule has 0 bridgehead atoms. The van der Waals surface area contributed by atoms with Gasteiger partial charge in [-0.3, -0.25) is 14.4 Å². The fourth-order valence-corrected chi connectivity index (χ4v) is 8.30. The van der Waals surface area contributed by atoms with E-state index in [-0.39, 0.29) is 53.6 Å². The van der Waals surface area contributed by atoms with Crippen LogP contribution in [0.15, 0.2) is 34.7 Å². The molecule has 0 radical (unpaired) electrons. The summed E-state index contributed by atoms with van der Waals surface area (Å²) in [6, 6.07) is 6.74.